The largest absolute Gasteiger partial charge is 0.494 e. The number of halogens is 3. The molecule has 1 aromatic rings. The molecule has 0 aromatic heterocycles. The number of alkyl halides is 3. The van der Waals surface area contributed by atoms with Gasteiger partial charge < -0.3 is 14.6 Å². The summed E-state index contributed by atoms with van der Waals surface area (Å²) < 4.78 is 48.9. The highest BCUT2D eigenvalue weighted by Crippen LogP contribution is 2.43. The monoisotopic (exact) mass is 278 g/mol. The summed E-state index contributed by atoms with van der Waals surface area (Å²) in [6.07, 6.45) is -4.79. The molecule has 1 unspecified atom stereocenters. The van der Waals surface area contributed by atoms with Crippen LogP contribution in [0.1, 0.15) is 26.3 Å². The van der Waals surface area contributed by atoms with Crippen LogP contribution in [0.4, 0.5) is 13.2 Å². The topological polar surface area (TPSA) is 38.7 Å². The second kappa shape index (κ2) is 5.69. The molecule has 0 aliphatic rings. The van der Waals surface area contributed by atoms with Crippen LogP contribution in [-0.4, -0.2) is 24.5 Å². The normalized spacial score (nSPS) is 14.9. The van der Waals surface area contributed by atoms with E-state index in [9.17, 15) is 18.3 Å². The minimum Gasteiger partial charge on any atom is -0.494 e. The van der Waals surface area contributed by atoms with Gasteiger partial charge in [0.2, 0.25) is 0 Å². The lowest BCUT2D eigenvalue weighted by Gasteiger charge is -2.28. The van der Waals surface area contributed by atoms with E-state index in [0.29, 0.717) is 19.3 Å². The van der Waals surface area contributed by atoms with E-state index in [1.54, 1.807) is 13.8 Å². The van der Waals surface area contributed by atoms with Gasteiger partial charge in [-0.05, 0) is 32.9 Å². The highest BCUT2D eigenvalue weighted by Gasteiger charge is 2.52. The third-order valence-electron chi connectivity index (χ3n) is 2.64. The SMILES string of the molecule is CCOc1ccc(C(C)(O)C(F)(F)F)c(OCC)c1. The molecule has 19 heavy (non-hydrogen) atoms. The van der Waals surface area contributed by atoms with Crippen LogP contribution in [0.25, 0.3) is 0 Å². The zero-order valence-electron chi connectivity index (χ0n) is 11.0. The van der Waals surface area contributed by atoms with Gasteiger partial charge in [0.15, 0.2) is 5.60 Å². The van der Waals surface area contributed by atoms with Crippen molar-refractivity contribution in [3.63, 3.8) is 0 Å². The molecule has 0 aliphatic heterocycles. The zero-order chi connectivity index (χ0) is 14.7. The Labute approximate surface area is 110 Å². The van der Waals surface area contributed by atoms with E-state index in [1.165, 1.54) is 18.2 Å². The van der Waals surface area contributed by atoms with E-state index in [0.717, 1.165) is 0 Å². The van der Waals surface area contributed by atoms with E-state index in [-0.39, 0.29) is 17.9 Å². The molecule has 6 heteroatoms. The molecule has 0 aliphatic carbocycles. The van der Waals surface area contributed by atoms with Crippen molar-refractivity contribution >= 4 is 0 Å². The smallest absolute Gasteiger partial charge is 0.421 e. The van der Waals surface area contributed by atoms with Gasteiger partial charge in [0, 0.05) is 11.6 Å². The minimum atomic E-state index is -4.79. The summed E-state index contributed by atoms with van der Waals surface area (Å²) in [5.74, 6) is 0.364. The van der Waals surface area contributed by atoms with Crippen molar-refractivity contribution in [2.45, 2.75) is 32.5 Å². The summed E-state index contributed by atoms with van der Waals surface area (Å²) in [4.78, 5) is 0. The lowest BCUT2D eigenvalue weighted by molar-refractivity contribution is -0.259. The Morgan fingerprint density at radius 2 is 1.68 bits per heavy atom. The van der Waals surface area contributed by atoms with Crippen LogP contribution in [0.2, 0.25) is 0 Å². The summed E-state index contributed by atoms with van der Waals surface area (Å²) in [5, 5.41) is 9.70. The van der Waals surface area contributed by atoms with Crippen LogP contribution < -0.4 is 9.47 Å². The fourth-order valence-electron chi connectivity index (χ4n) is 1.59. The van der Waals surface area contributed by atoms with Gasteiger partial charge >= 0.3 is 6.18 Å². The van der Waals surface area contributed by atoms with Gasteiger partial charge in [-0.15, -0.1) is 0 Å². The van der Waals surface area contributed by atoms with Gasteiger partial charge in [0.25, 0.3) is 0 Å². The maximum absolute atomic E-state index is 12.9. The van der Waals surface area contributed by atoms with Crippen molar-refractivity contribution in [3.05, 3.63) is 23.8 Å². The predicted octanol–water partition coefficient (Wildman–Crippen LogP) is 3.25. The summed E-state index contributed by atoms with van der Waals surface area (Å²) in [5.41, 5.74) is -3.30. The molecule has 0 bridgehead atoms. The van der Waals surface area contributed by atoms with Gasteiger partial charge in [-0.2, -0.15) is 13.2 Å². The average Bonchev–Trinajstić information content (AvgIpc) is 2.28. The Morgan fingerprint density at radius 1 is 1.11 bits per heavy atom. The fraction of sp³-hybridized carbons (Fsp3) is 0.538. The molecule has 108 valence electrons. The van der Waals surface area contributed by atoms with Crippen LogP contribution >= 0.6 is 0 Å². The molecule has 0 saturated carbocycles. The van der Waals surface area contributed by atoms with Crippen LogP contribution in [0.15, 0.2) is 18.2 Å². The Hall–Kier alpha value is -1.43. The van der Waals surface area contributed by atoms with E-state index >= 15 is 0 Å². The molecule has 0 saturated heterocycles. The second-order valence-corrected chi connectivity index (χ2v) is 4.09. The molecular formula is C13H17F3O3. The first kappa shape index (κ1) is 15.6. The van der Waals surface area contributed by atoms with E-state index in [2.05, 4.69) is 0 Å². The molecule has 1 atom stereocenters. The minimum absolute atomic E-state index is 0.0317. The van der Waals surface area contributed by atoms with Crippen LogP contribution in [0.5, 0.6) is 11.5 Å². The van der Waals surface area contributed by atoms with Crippen molar-refractivity contribution in [2.24, 2.45) is 0 Å². The Bertz CT molecular complexity index is 428. The first-order valence-electron chi connectivity index (χ1n) is 5.93. The predicted molar refractivity (Wildman–Crippen MR) is 64.4 cm³/mol. The van der Waals surface area contributed by atoms with E-state index in [4.69, 9.17) is 9.47 Å². The lowest BCUT2D eigenvalue weighted by atomic mass is 9.94. The molecule has 1 rings (SSSR count). The number of hydrogen-bond donors (Lipinski definition) is 1. The van der Waals surface area contributed by atoms with Crippen molar-refractivity contribution in [2.75, 3.05) is 13.2 Å². The number of rotatable bonds is 5. The Morgan fingerprint density at radius 3 is 2.16 bits per heavy atom. The summed E-state index contributed by atoms with van der Waals surface area (Å²) >= 11 is 0. The van der Waals surface area contributed by atoms with Crippen molar-refractivity contribution in [3.8, 4) is 11.5 Å². The Balaban J connectivity index is 3.26. The molecular weight excluding hydrogens is 261 g/mol. The zero-order valence-corrected chi connectivity index (χ0v) is 11.0. The molecule has 3 nitrogen and oxygen atoms in total. The molecule has 0 fully saturated rings. The standard InChI is InChI=1S/C13H17F3O3/c1-4-18-9-6-7-10(11(8-9)19-5-2)12(3,17)13(14,15)16/h6-8,17H,4-5H2,1-3H3. The Kier molecular flexibility index (Phi) is 4.68. The summed E-state index contributed by atoms with van der Waals surface area (Å²) in [6.45, 7) is 4.70. The van der Waals surface area contributed by atoms with Crippen LogP contribution in [0.3, 0.4) is 0 Å². The van der Waals surface area contributed by atoms with E-state index < -0.39 is 11.8 Å². The maximum atomic E-state index is 12.9. The first-order chi connectivity index (χ1) is 8.74. The van der Waals surface area contributed by atoms with E-state index in [1.807, 2.05) is 0 Å². The van der Waals surface area contributed by atoms with Crippen molar-refractivity contribution in [1.29, 1.82) is 0 Å². The lowest BCUT2D eigenvalue weighted by Crippen LogP contribution is -2.39. The van der Waals surface area contributed by atoms with Crippen molar-refractivity contribution in [1.82, 2.24) is 0 Å². The molecule has 0 heterocycles. The third-order valence-corrected chi connectivity index (χ3v) is 2.64. The molecule has 0 spiro atoms. The van der Waals surface area contributed by atoms with Gasteiger partial charge in [-0.1, -0.05) is 0 Å². The van der Waals surface area contributed by atoms with Gasteiger partial charge in [-0.3, -0.25) is 0 Å². The third kappa shape index (κ3) is 3.32. The quantitative estimate of drug-likeness (QED) is 0.898. The average molecular weight is 278 g/mol. The summed E-state index contributed by atoms with van der Waals surface area (Å²) in [6, 6.07) is 3.90. The molecule has 0 radical (unpaired) electrons. The highest BCUT2D eigenvalue weighted by molar-refractivity contribution is 5.44. The van der Waals surface area contributed by atoms with Crippen LogP contribution in [0, 0.1) is 0 Å². The second-order valence-electron chi connectivity index (χ2n) is 4.09. The molecule has 1 aromatic carbocycles. The fourth-order valence-corrected chi connectivity index (χ4v) is 1.59. The first-order valence-corrected chi connectivity index (χ1v) is 5.93. The number of ether oxygens (including phenoxy) is 2. The number of aliphatic hydroxyl groups is 1. The van der Waals surface area contributed by atoms with Crippen molar-refractivity contribution < 1.29 is 27.8 Å². The van der Waals surface area contributed by atoms with Gasteiger partial charge in [0.05, 0.1) is 13.2 Å². The number of hydrogen-bond acceptors (Lipinski definition) is 3. The molecule has 1 N–H and O–H groups in total. The van der Waals surface area contributed by atoms with Crippen LogP contribution in [-0.2, 0) is 5.60 Å². The summed E-state index contributed by atoms with van der Waals surface area (Å²) in [7, 11) is 0. The maximum Gasteiger partial charge on any atom is 0.421 e. The highest BCUT2D eigenvalue weighted by atomic mass is 19.4. The number of benzene rings is 1. The van der Waals surface area contributed by atoms with Gasteiger partial charge in [0.1, 0.15) is 11.5 Å². The van der Waals surface area contributed by atoms with Gasteiger partial charge in [-0.25, -0.2) is 0 Å². The molecule has 0 amide bonds.